The van der Waals surface area contributed by atoms with Crippen LogP contribution in [0, 0.1) is 23.0 Å². The number of benzene rings is 1. The zero-order valence-electron chi connectivity index (χ0n) is 11.5. The summed E-state index contributed by atoms with van der Waals surface area (Å²) in [5.41, 5.74) is 0.499. The second-order valence-electron chi connectivity index (χ2n) is 4.44. The fraction of sp³-hybridized carbons (Fsp3) is 0.0714. The molecule has 0 amide bonds. The molecule has 1 N–H and O–H groups in total. The molecule has 0 atom stereocenters. The number of aromatic nitrogens is 2. The average molecular weight is 333 g/mol. The van der Waals surface area contributed by atoms with E-state index in [1.807, 2.05) is 6.92 Å². The van der Waals surface area contributed by atoms with Gasteiger partial charge in [-0.05, 0) is 31.3 Å². The van der Waals surface area contributed by atoms with Gasteiger partial charge in [0.25, 0.3) is 5.56 Å². The molecule has 0 radical (unpaired) electrons. The fourth-order valence-corrected chi connectivity index (χ4v) is 2.99. The largest absolute Gasteiger partial charge is 0.299 e. The van der Waals surface area contributed by atoms with Crippen LogP contribution >= 0.6 is 12.2 Å². The van der Waals surface area contributed by atoms with E-state index in [1.54, 1.807) is 18.2 Å². The molecule has 1 aromatic heterocycles. The first-order valence-electron chi connectivity index (χ1n) is 6.10. The minimum Gasteiger partial charge on any atom is -0.299 e. The van der Waals surface area contributed by atoms with E-state index < -0.39 is 20.3 Å². The first kappa shape index (κ1) is 15.9. The summed E-state index contributed by atoms with van der Waals surface area (Å²) >= 11 is 4.92. The Morgan fingerprint density at radius 1 is 1.32 bits per heavy atom. The highest BCUT2D eigenvalue weighted by atomic mass is 32.2. The van der Waals surface area contributed by atoms with E-state index in [1.165, 1.54) is 29.0 Å². The predicted molar refractivity (Wildman–Crippen MR) is 84.1 cm³/mol. The van der Waals surface area contributed by atoms with Crippen molar-refractivity contribution in [2.24, 2.45) is 0 Å². The van der Waals surface area contributed by atoms with Crippen LogP contribution < -0.4 is 5.56 Å². The Hall–Kier alpha value is -2.50. The zero-order chi connectivity index (χ0) is 16.3. The molecular formula is C14H11N3O3S2. The normalized spacial score (nSPS) is 11.9. The van der Waals surface area contributed by atoms with Gasteiger partial charge in [0.05, 0.1) is 4.90 Å². The molecule has 0 bridgehead atoms. The van der Waals surface area contributed by atoms with Crippen molar-refractivity contribution < 1.29 is 8.42 Å². The van der Waals surface area contributed by atoms with Crippen molar-refractivity contribution in [3.8, 4) is 6.07 Å². The standard InChI is InChI=1S/C14H11N3O3S2/c1-10-2-4-11(5-3-10)22(19,20)12(8-15)9-17-7-6-13(18)16-14(17)21/h2-7,9H,1H3,(H,16,18,21)/b12-9+. The number of nitriles is 1. The maximum Gasteiger partial charge on any atom is 0.251 e. The maximum atomic E-state index is 12.4. The molecule has 2 aromatic rings. The number of sulfone groups is 1. The molecule has 112 valence electrons. The molecule has 0 aliphatic rings. The number of nitrogens with one attached hydrogen (secondary N) is 1. The summed E-state index contributed by atoms with van der Waals surface area (Å²) in [5.74, 6) is 0. The van der Waals surface area contributed by atoms with Crippen molar-refractivity contribution in [1.82, 2.24) is 9.55 Å². The zero-order valence-corrected chi connectivity index (χ0v) is 13.1. The van der Waals surface area contributed by atoms with Gasteiger partial charge in [0.2, 0.25) is 9.84 Å². The van der Waals surface area contributed by atoms with Gasteiger partial charge in [-0.2, -0.15) is 5.26 Å². The van der Waals surface area contributed by atoms with E-state index in [2.05, 4.69) is 4.98 Å². The van der Waals surface area contributed by atoms with E-state index in [0.717, 1.165) is 11.8 Å². The Morgan fingerprint density at radius 3 is 2.50 bits per heavy atom. The predicted octanol–water partition coefficient (Wildman–Crippen LogP) is 2.01. The number of hydrogen-bond donors (Lipinski definition) is 1. The number of aryl methyl sites for hydroxylation is 1. The first-order valence-corrected chi connectivity index (χ1v) is 7.99. The third kappa shape index (κ3) is 3.21. The lowest BCUT2D eigenvalue weighted by Gasteiger charge is -2.05. The highest BCUT2D eigenvalue weighted by molar-refractivity contribution is 7.95. The van der Waals surface area contributed by atoms with Gasteiger partial charge >= 0.3 is 0 Å². The van der Waals surface area contributed by atoms with Gasteiger partial charge in [0, 0.05) is 18.5 Å². The van der Waals surface area contributed by atoms with Gasteiger partial charge < -0.3 is 0 Å². The first-order chi connectivity index (χ1) is 10.3. The molecule has 0 saturated heterocycles. The Labute approximate surface area is 131 Å². The third-order valence-corrected chi connectivity index (χ3v) is 4.82. The van der Waals surface area contributed by atoms with E-state index in [9.17, 15) is 13.2 Å². The van der Waals surface area contributed by atoms with Crippen LogP contribution in [-0.4, -0.2) is 18.0 Å². The molecule has 0 fully saturated rings. The molecule has 0 unspecified atom stereocenters. The van der Waals surface area contributed by atoms with Gasteiger partial charge in [-0.1, -0.05) is 17.7 Å². The van der Waals surface area contributed by atoms with Crippen LogP contribution in [0.25, 0.3) is 6.20 Å². The van der Waals surface area contributed by atoms with Crippen molar-refractivity contribution in [3.63, 3.8) is 0 Å². The minimum absolute atomic E-state index is 0.000596. The second kappa shape index (κ2) is 6.09. The van der Waals surface area contributed by atoms with Gasteiger partial charge in [-0.25, -0.2) is 8.42 Å². The number of nitrogens with zero attached hydrogens (tertiary/aromatic N) is 2. The van der Waals surface area contributed by atoms with E-state index in [-0.39, 0.29) is 9.67 Å². The lowest BCUT2D eigenvalue weighted by atomic mass is 10.2. The Morgan fingerprint density at radius 2 is 1.95 bits per heavy atom. The Balaban J connectivity index is 2.58. The molecule has 1 aromatic carbocycles. The molecule has 0 saturated carbocycles. The molecule has 2 rings (SSSR count). The minimum atomic E-state index is -3.95. The SMILES string of the molecule is Cc1ccc(S(=O)(=O)/C(C#N)=C/n2ccc(=O)[nH]c2=S)cc1. The lowest BCUT2D eigenvalue weighted by Crippen LogP contribution is -2.10. The van der Waals surface area contributed by atoms with Crippen LogP contribution in [0.2, 0.25) is 0 Å². The van der Waals surface area contributed by atoms with Crippen molar-refractivity contribution in [2.45, 2.75) is 11.8 Å². The van der Waals surface area contributed by atoms with Gasteiger partial charge in [-0.15, -0.1) is 0 Å². The molecule has 0 spiro atoms. The molecule has 1 heterocycles. The molecule has 8 heteroatoms. The maximum absolute atomic E-state index is 12.4. The van der Waals surface area contributed by atoms with Crippen LogP contribution in [0.3, 0.4) is 0 Å². The number of allylic oxidation sites excluding steroid dienone is 1. The Kier molecular flexibility index (Phi) is 4.40. The van der Waals surface area contributed by atoms with Crippen molar-refractivity contribution in [3.05, 3.63) is 62.1 Å². The van der Waals surface area contributed by atoms with E-state index in [4.69, 9.17) is 17.5 Å². The van der Waals surface area contributed by atoms with Gasteiger partial charge in [0.1, 0.15) is 6.07 Å². The Bertz CT molecular complexity index is 991. The summed E-state index contributed by atoms with van der Waals surface area (Å²) < 4.78 is 26.1. The lowest BCUT2D eigenvalue weighted by molar-refractivity contribution is 0.603. The number of H-pyrrole nitrogens is 1. The molecule has 0 aliphatic carbocycles. The topological polar surface area (TPSA) is 95.7 Å². The molecule has 0 aliphatic heterocycles. The highest BCUT2D eigenvalue weighted by Gasteiger charge is 2.20. The summed E-state index contributed by atoms with van der Waals surface area (Å²) in [6.45, 7) is 1.83. The van der Waals surface area contributed by atoms with Gasteiger partial charge in [-0.3, -0.25) is 14.3 Å². The smallest absolute Gasteiger partial charge is 0.251 e. The molecule has 6 nitrogen and oxygen atoms in total. The summed E-state index contributed by atoms with van der Waals surface area (Å²) in [7, 11) is -3.95. The summed E-state index contributed by atoms with van der Waals surface area (Å²) in [6.07, 6.45) is 2.37. The van der Waals surface area contributed by atoms with E-state index in [0.29, 0.717) is 0 Å². The summed E-state index contributed by atoms with van der Waals surface area (Å²) in [6, 6.07) is 9.00. The van der Waals surface area contributed by atoms with Crippen molar-refractivity contribution in [2.75, 3.05) is 0 Å². The van der Waals surface area contributed by atoms with Crippen LogP contribution in [0.5, 0.6) is 0 Å². The van der Waals surface area contributed by atoms with Crippen LogP contribution in [0.4, 0.5) is 0 Å². The average Bonchev–Trinajstić information content (AvgIpc) is 2.46. The summed E-state index contributed by atoms with van der Waals surface area (Å²) in [4.78, 5) is 13.0. The number of aromatic amines is 1. The second-order valence-corrected chi connectivity index (χ2v) is 6.74. The molecular weight excluding hydrogens is 322 g/mol. The van der Waals surface area contributed by atoms with Crippen LogP contribution in [0.1, 0.15) is 5.56 Å². The van der Waals surface area contributed by atoms with Crippen molar-refractivity contribution in [1.29, 1.82) is 5.26 Å². The number of hydrogen-bond acceptors (Lipinski definition) is 5. The quantitative estimate of drug-likeness (QED) is 0.685. The van der Waals surface area contributed by atoms with Crippen LogP contribution in [-0.2, 0) is 9.84 Å². The van der Waals surface area contributed by atoms with Crippen molar-refractivity contribution >= 4 is 28.3 Å². The monoisotopic (exact) mass is 333 g/mol. The highest BCUT2D eigenvalue weighted by Crippen LogP contribution is 2.19. The van der Waals surface area contributed by atoms with Gasteiger partial charge in [0.15, 0.2) is 9.68 Å². The van der Waals surface area contributed by atoms with E-state index >= 15 is 0 Å². The fourth-order valence-electron chi connectivity index (χ4n) is 1.66. The molecule has 22 heavy (non-hydrogen) atoms. The number of rotatable bonds is 3. The summed E-state index contributed by atoms with van der Waals surface area (Å²) in [5, 5.41) is 9.17. The third-order valence-electron chi connectivity index (χ3n) is 2.84. The van der Waals surface area contributed by atoms with Crippen LogP contribution in [0.15, 0.2) is 51.1 Å².